The maximum atomic E-state index is 5.67. The molecule has 6 nitrogen and oxygen atoms in total. The fourth-order valence-electron chi connectivity index (χ4n) is 0.771. The topological polar surface area (TPSA) is 93.4 Å². The Kier molecular flexibility index (Phi) is 2.09. The monoisotopic (exact) mass is 194 g/mol. The van der Waals surface area contributed by atoms with Gasteiger partial charge in [0.2, 0.25) is 5.16 Å². The van der Waals surface area contributed by atoms with E-state index in [0.29, 0.717) is 15.9 Å². The highest BCUT2D eigenvalue weighted by Crippen LogP contribution is 2.25. The van der Waals surface area contributed by atoms with E-state index in [1.165, 1.54) is 11.8 Å². The summed E-state index contributed by atoms with van der Waals surface area (Å²) in [5.41, 5.74) is 6.28. The number of anilines is 1. The molecule has 0 saturated carbocycles. The Morgan fingerprint density at radius 3 is 3.08 bits per heavy atom. The van der Waals surface area contributed by atoms with E-state index in [1.54, 1.807) is 18.3 Å². The fraction of sp³-hybridized carbons (Fsp3) is 0. The molecule has 0 spiro atoms. The molecular weight excluding hydrogens is 188 g/mol. The van der Waals surface area contributed by atoms with Gasteiger partial charge in [-0.15, -0.1) is 10.2 Å². The largest absolute Gasteiger partial charge is 0.397 e. The van der Waals surface area contributed by atoms with Crippen LogP contribution in [0.5, 0.6) is 0 Å². The number of hydrogen-bond acceptors (Lipinski definition) is 6. The summed E-state index contributed by atoms with van der Waals surface area (Å²) in [6.45, 7) is 0. The molecule has 0 aliphatic carbocycles. The Morgan fingerprint density at radius 2 is 2.38 bits per heavy atom. The van der Waals surface area contributed by atoms with Crippen LogP contribution in [0.15, 0.2) is 28.5 Å². The molecule has 2 heterocycles. The molecule has 0 fully saturated rings. The Morgan fingerprint density at radius 1 is 1.46 bits per heavy atom. The van der Waals surface area contributed by atoms with E-state index in [4.69, 9.17) is 5.73 Å². The number of H-pyrrole nitrogens is 1. The van der Waals surface area contributed by atoms with Gasteiger partial charge in [0.1, 0.15) is 5.03 Å². The first-order valence-corrected chi connectivity index (χ1v) is 4.29. The second kappa shape index (κ2) is 3.40. The number of nitrogens with two attached hydrogens (primary N) is 1. The molecule has 0 amide bonds. The normalized spacial score (nSPS) is 10.2. The molecule has 0 aliphatic heterocycles. The van der Waals surface area contributed by atoms with Crippen molar-refractivity contribution in [2.75, 3.05) is 5.73 Å². The minimum Gasteiger partial charge on any atom is -0.397 e. The summed E-state index contributed by atoms with van der Waals surface area (Å²) in [6, 6.07) is 3.55. The second-order valence-electron chi connectivity index (χ2n) is 2.19. The van der Waals surface area contributed by atoms with Crippen molar-refractivity contribution < 1.29 is 0 Å². The average Bonchev–Trinajstić information content (AvgIpc) is 2.61. The molecule has 2 aromatic rings. The maximum absolute atomic E-state index is 5.67. The Labute approximate surface area is 77.9 Å². The highest BCUT2D eigenvalue weighted by molar-refractivity contribution is 7.99. The third-order valence-electron chi connectivity index (χ3n) is 1.31. The molecule has 2 rings (SSSR count). The quantitative estimate of drug-likeness (QED) is 0.715. The van der Waals surface area contributed by atoms with Gasteiger partial charge in [0.15, 0.2) is 0 Å². The molecule has 3 N–H and O–H groups in total. The van der Waals surface area contributed by atoms with Crippen molar-refractivity contribution >= 4 is 17.4 Å². The van der Waals surface area contributed by atoms with Crippen LogP contribution in [-0.2, 0) is 0 Å². The number of aromatic nitrogens is 5. The predicted octanol–water partition coefficient (Wildman–Crippen LogP) is 0.328. The minimum absolute atomic E-state index is 0.505. The van der Waals surface area contributed by atoms with Gasteiger partial charge in [-0.05, 0) is 29.1 Å². The molecule has 0 saturated heterocycles. The van der Waals surface area contributed by atoms with Gasteiger partial charge in [0.05, 0.1) is 5.69 Å². The lowest BCUT2D eigenvalue weighted by atomic mass is 10.4. The minimum atomic E-state index is 0.505. The molecular formula is C6H6N6S. The van der Waals surface area contributed by atoms with Crippen LogP contribution in [0, 0.1) is 0 Å². The number of nitrogens with one attached hydrogen (secondary N) is 1. The van der Waals surface area contributed by atoms with Crippen LogP contribution in [0.1, 0.15) is 0 Å². The van der Waals surface area contributed by atoms with Crippen molar-refractivity contribution in [3.8, 4) is 0 Å². The van der Waals surface area contributed by atoms with Crippen molar-refractivity contribution in [3.63, 3.8) is 0 Å². The second-order valence-corrected chi connectivity index (χ2v) is 3.15. The number of tetrazole rings is 1. The van der Waals surface area contributed by atoms with Gasteiger partial charge in [-0.1, -0.05) is 0 Å². The zero-order valence-electron chi connectivity index (χ0n) is 6.51. The van der Waals surface area contributed by atoms with E-state index in [0.717, 1.165) is 0 Å². The first-order valence-electron chi connectivity index (χ1n) is 3.48. The number of aromatic amines is 1. The van der Waals surface area contributed by atoms with Gasteiger partial charge in [-0.3, -0.25) is 0 Å². The van der Waals surface area contributed by atoms with E-state index in [1.807, 2.05) is 0 Å². The van der Waals surface area contributed by atoms with Gasteiger partial charge in [-0.2, -0.15) is 5.21 Å². The first-order chi connectivity index (χ1) is 6.36. The molecule has 0 atom stereocenters. The molecule has 2 aromatic heterocycles. The first kappa shape index (κ1) is 7.99. The molecule has 66 valence electrons. The number of nitrogen functional groups attached to an aromatic ring is 1. The van der Waals surface area contributed by atoms with E-state index in [-0.39, 0.29) is 0 Å². The van der Waals surface area contributed by atoms with Crippen LogP contribution in [0.25, 0.3) is 0 Å². The summed E-state index contributed by atoms with van der Waals surface area (Å²) in [4.78, 5) is 4.07. The predicted molar refractivity (Wildman–Crippen MR) is 47.0 cm³/mol. The lowest BCUT2D eigenvalue weighted by Crippen LogP contribution is -1.90. The van der Waals surface area contributed by atoms with Gasteiger partial charge in [0, 0.05) is 6.20 Å². The molecule has 0 aromatic carbocycles. The third kappa shape index (κ3) is 1.75. The molecule has 0 radical (unpaired) electrons. The smallest absolute Gasteiger partial charge is 0.237 e. The van der Waals surface area contributed by atoms with Gasteiger partial charge < -0.3 is 5.73 Å². The van der Waals surface area contributed by atoms with E-state index in [9.17, 15) is 0 Å². The summed E-state index contributed by atoms with van der Waals surface area (Å²) in [5, 5.41) is 14.5. The van der Waals surface area contributed by atoms with Crippen molar-refractivity contribution in [1.82, 2.24) is 25.6 Å². The lowest BCUT2D eigenvalue weighted by molar-refractivity contribution is 0.881. The number of hydrogen-bond donors (Lipinski definition) is 2. The summed E-state index contributed by atoms with van der Waals surface area (Å²) in [7, 11) is 0. The van der Waals surface area contributed by atoms with Crippen LogP contribution in [0.4, 0.5) is 5.69 Å². The summed E-state index contributed by atoms with van der Waals surface area (Å²) < 4.78 is 0. The van der Waals surface area contributed by atoms with Crippen LogP contribution < -0.4 is 5.73 Å². The van der Waals surface area contributed by atoms with Gasteiger partial charge >= 0.3 is 0 Å². The molecule has 13 heavy (non-hydrogen) atoms. The van der Waals surface area contributed by atoms with Crippen LogP contribution in [0.3, 0.4) is 0 Å². The zero-order valence-corrected chi connectivity index (χ0v) is 7.32. The maximum Gasteiger partial charge on any atom is 0.237 e. The molecule has 0 unspecified atom stereocenters. The van der Waals surface area contributed by atoms with Crippen LogP contribution >= 0.6 is 11.8 Å². The van der Waals surface area contributed by atoms with Crippen molar-refractivity contribution in [2.45, 2.75) is 10.2 Å². The van der Waals surface area contributed by atoms with E-state index < -0.39 is 0 Å². The van der Waals surface area contributed by atoms with Crippen molar-refractivity contribution in [3.05, 3.63) is 18.3 Å². The Balaban J connectivity index is 2.24. The summed E-state index contributed by atoms with van der Waals surface area (Å²) in [6.07, 6.45) is 1.67. The number of nitrogens with zero attached hydrogens (tertiary/aromatic N) is 4. The highest BCUT2D eigenvalue weighted by atomic mass is 32.2. The van der Waals surface area contributed by atoms with E-state index in [2.05, 4.69) is 25.6 Å². The summed E-state index contributed by atoms with van der Waals surface area (Å²) >= 11 is 1.27. The summed E-state index contributed by atoms with van der Waals surface area (Å²) in [5.74, 6) is 0. The van der Waals surface area contributed by atoms with Crippen LogP contribution in [0.2, 0.25) is 0 Å². The molecule has 7 heteroatoms. The fourth-order valence-corrected chi connectivity index (χ4v) is 1.41. The van der Waals surface area contributed by atoms with Gasteiger partial charge in [0.25, 0.3) is 0 Å². The standard InChI is InChI=1S/C6H6N6S/c7-4-2-1-3-8-5(4)13-6-9-11-12-10-6/h1-3H,7H2,(H,9,10,11,12). The molecule has 0 bridgehead atoms. The number of pyridine rings is 1. The van der Waals surface area contributed by atoms with E-state index >= 15 is 0 Å². The van der Waals surface area contributed by atoms with Gasteiger partial charge in [-0.25, -0.2) is 4.98 Å². The SMILES string of the molecule is Nc1cccnc1Sc1nn[nH]n1. The van der Waals surface area contributed by atoms with Crippen molar-refractivity contribution in [2.24, 2.45) is 0 Å². The van der Waals surface area contributed by atoms with Crippen LogP contribution in [-0.4, -0.2) is 25.6 Å². The molecule has 0 aliphatic rings. The Hall–Kier alpha value is -1.63. The van der Waals surface area contributed by atoms with Crippen molar-refractivity contribution in [1.29, 1.82) is 0 Å². The Bertz CT molecular complexity index is 386. The highest BCUT2D eigenvalue weighted by Gasteiger charge is 2.05. The average molecular weight is 194 g/mol. The number of rotatable bonds is 2. The zero-order chi connectivity index (χ0) is 9.10. The third-order valence-corrected chi connectivity index (χ3v) is 2.20. The lowest BCUT2D eigenvalue weighted by Gasteiger charge is -1.98.